The second-order valence-electron chi connectivity index (χ2n) is 6.04. The van der Waals surface area contributed by atoms with E-state index in [0.717, 1.165) is 6.42 Å². The highest BCUT2D eigenvalue weighted by molar-refractivity contribution is 7.09. The van der Waals surface area contributed by atoms with Gasteiger partial charge in [-0.15, -0.1) is 11.3 Å². The van der Waals surface area contributed by atoms with Gasteiger partial charge in [0.15, 0.2) is 5.96 Å². The highest BCUT2D eigenvalue weighted by Gasteiger charge is 2.23. The molecule has 1 aromatic rings. The van der Waals surface area contributed by atoms with E-state index in [2.05, 4.69) is 15.6 Å². The summed E-state index contributed by atoms with van der Waals surface area (Å²) in [4.78, 5) is 32.2. The number of nitrogens with zero attached hydrogens (tertiary/aromatic N) is 3. The van der Waals surface area contributed by atoms with Gasteiger partial charge >= 0.3 is 0 Å². The first kappa shape index (κ1) is 18.3. The van der Waals surface area contributed by atoms with Crippen LogP contribution in [0.2, 0.25) is 0 Å². The maximum atomic E-state index is 11.8. The molecule has 0 spiro atoms. The molecule has 1 aliphatic heterocycles. The van der Waals surface area contributed by atoms with Crippen LogP contribution in [0.3, 0.4) is 0 Å². The number of amides is 2. The van der Waals surface area contributed by atoms with E-state index >= 15 is 0 Å². The molecule has 1 unspecified atom stereocenters. The van der Waals surface area contributed by atoms with Crippen molar-refractivity contribution in [1.29, 1.82) is 0 Å². The number of nitrogens with one attached hydrogen (secondary N) is 2. The maximum absolute atomic E-state index is 11.8. The SMILES string of the molecule is CN(C)C(=O)CN=C(NCc1cccs1)NC1CCC(=O)N(C)C1. The summed E-state index contributed by atoms with van der Waals surface area (Å²) in [5, 5.41) is 8.63. The molecule has 8 heteroatoms. The van der Waals surface area contributed by atoms with Gasteiger partial charge in [0.25, 0.3) is 0 Å². The molecule has 0 saturated carbocycles. The Morgan fingerprint density at radius 1 is 1.50 bits per heavy atom. The first-order chi connectivity index (χ1) is 11.5. The summed E-state index contributed by atoms with van der Waals surface area (Å²) in [5.41, 5.74) is 0. The fraction of sp³-hybridized carbons (Fsp3) is 0.562. The first-order valence-electron chi connectivity index (χ1n) is 7.97. The highest BCUT2D eigenvalue weighted by Crippen LogP contribution is 2.10. The normalized spacial score (nSPS) is 18.5. The number of piperidine rings is 1. The van der Waals surface area contributed by atoms with E-state index in [1.807, 2.05) is 24.6 Å². The lowest BCUT2D eigenvalue weighted by Gasteiger charge is -2.31. The maximum Gasteiger partial charge on any atom is 0.243 e. The van der Waals surface area contributed by atoms with Crippen molar-refractivity contribution < 1.29 is 9.59 Å². The number of carbonyl (C=O) groups is 2. The fourth-order valence-corrected chi connectivity index (χ4v) is 2.99. The first-order valence-corrected chi connectivity index (χ1v) is 8.85. The lowest BCUT2D eigenvalue weighted by atomic mass is 10.1. The lowest BCUT2D eigenvalue weighted by Crippen LogP contribution is -2.51. The molecular formula is C16H25N5O2S. The van der Waals surface area contributed by atoms with Crippen molar-refractivity contribution in [1.82, 2.24) is 20.4 Å². The van der Waals surface area contributed by atoms with Gasteiger partial charge < -0.3 is 20.4 Å². The van der Waals surface area contributed by atoms with Crippen LogP contribution in [-0.2, 0) is 16.1 Å². The van der Waals surface area contributed by atoms with Crippen LogP contribution in [-0.4, -0.2) is 67.8 Å². The molecule has 0 radical (unpaired) electrons. The van der Waals surface area contributed by atoms with Crippen LogP contribution in [0.15, 0.2) is 22.5 Å². The van der Waals surface area contributed by atoms with Crippen molar-refractivity contribution >= 4 is 29.1 Å². The molecule has 2 heterocycles. The molecular weight excluding hydrogens is 326 g/mol. The topological polar surface area (TPSA) is 77.0 Å². The monoisotopic (exact) mass is 351 g/mol. The van der Waals surface area contributed by atoms with Crippen LogP contribution in [0.1, 0.15) is 17.7 Å². The summed E-state index contributed by atoms with van der Waals surface area (Å²) in [6.07, 6.45) is 1.30. The fourth-order valence-electron chi connectivity index (χ4n) is 2.35. The van der Waals surface area contributed by atoms with Gasteiger partial charge in [-0.2, -0.15) is 0 Å². The molecule has 2 rings (SSSR count). The van der Waals surface area contributed by atoms with Gasteiger partial charge in [0.1, 0.15) is 6.54 Å². The molecule has 2 amide bonds. The quantitative estimate of drug-likeness (QED) is 0.598. The molecule has 132 valence electrons. The molecule has 0 aromatic carbocycles. The highest BCUT2D eigenvalue weighted by atomic mass is 32.1. The van der Waals surface area contributed by atoms with Crippen LogP contribution in [0.4, 0.5) is 0 Å². The number of carbonyl (C=O) groups excluding carboxylic acids is 2. The number of hydrogen-bond acceptors (Lipinski definition) is 4. The number of likely N-dealkylation sites (tertiary alicyclic amines) is 1. The zero-order valence-electron chi connectivity index (χ0n) is 14.4. The van der Waals surface area contributed by atoms with Crippen molar-refractivity contribution in [2.24, 2.45) is 4.99 Å². The second kappa shape index (κ2) is 8.68. The van der Waals surface area contributed by atoms with Crippen LogP contribution in [0.25, 0.3) is 0 Å². The van der Waals surface area contributed by atoms with Gasteiger partial charge in [0, 0.05) is 45.0 Å². The average molecular weight is 351 g/mol. The Bertz CT molecular complexity index is 585. The van der Waals surface area contributed by atoms with E-state index in [1.165, 1.54) is 9.78 Å². The van der Waals surface area contributed by atoms with Crippen LogP contribution in [0, 0.1) is 0 Å². The van der Waals surface area contributed by atoms with Crippen molar-refractivity contribution in [3.05, 3.63) is 22.4 Å². The van der Waals surface area contributed by atoms with Gasteiger partial charge in [-0.3, -0.25) is 9.59 Å². The molecule has 24 heavy (non-hydrogen) atoms. The summed E-state index contributed by atoms with van der Waals surface area (Å²) >= 11 is 1.67. The Kier molecular flexibility index (Phi) is 6.60. The molecule has 1 atom stereocenters. The lowest BCUT2D eigenvalue weighted by molar-refractivity contribution is -0.132. The van der Waals surface area contributed by atoms with Gasteiger partial charge in [0.05, 0.1) is 6.54 Å². The smallest absolute Gasteiger partial charge is 0.243 e. The Labute approximate surface area is 146 Å². The number of aliphatic imine (C=N–C) groups is 1. The molecule has 1 aliphatic rings. The van der Waals surface area contributed by atoms with Crippen molar-refractivity contribution in [3.63, 3.8) is 0 Å². The van der Waals surface area contributed by atoms with E-state index in [-0.39, 0.29) is 24.4 Å². The predicted molar refractivity (Wildman–Crippen MR) is 95.9 cm³/mol. The Morgan fingerprint density at radius 2 is 2.29 bits per heavy atom. The van der Waals surface area contributed by atoms with Crippen molar-refractivity contribution in [2.75, 3.05) is 34.2 Å². The predicted octanol–water partition coefficient (Wildman–Crippen LogP) is 0.492. The summed E-state index contributed by atoms with van der Waals surface area (Å²) in [7, 11) is 5.24. The third-order valence-electron chi connectivity index (χ3n) is 3.85. The molecule has 7 nitrogen and oxygen atoms in total. The van der Waals surface area contributed by atoms with Gasteiger partial charge in [-0.05, 0) is 17.9 Å². The van der Waals surface area contributed by atoms with E-state index in [0.29, 0.717) is 25.5 Å². The van der Waals surface area contributed by atoms with E-state index in [9.17, 15) is 9.59 Å². The molecule has 2 N–H and O–H groups in total. The summed E-state index contributed by atoms with van der Waals surface area (Å²) in [6.45, 7) is 1.38. The van der Waals surface area contributed by atoms with Crippen LogP contribution in [0.5, 0.6) is 0 Å². The summed E-state index contributed by atoms with van der Waals surface area (Å²) in [6, 6.07) is 4.19. The minimum absolute atomic E-state index is 0.0526. The minimum atomic E-state index is -0.0526. The molecule has 1 fully saturated rings. The Balaban J connectivity index is 1.97. The van der Waals surface area contributed by atoms with E-state index in [4.69, 9.17) is 0 Å². The van der Waals surface area contributed by atoms with Gasteiger partial charge in [0.2, 0.25) is 11.8 Å². The molecule has 1 aromatic heterocycles. The van der Waals surface area contributed by atoms with Crippen molar-refractivity contribution in [2.45, 2.75) is 25.4 Å². The third-order valence-corrected chi connectivity index (χ3v) is 4.73. The number of rotatable bonds is 5. The second-order valence-corrected chi connectivity index (χ2v) is 7.07. The standard InChI is InChI=1S/C16H25N5O2S/c1-20(2)15(23)10-18-16(17-9-13-5-4-8-24-13)19-12-6-7-14(22)21(3)11-12/h4-5,8,12H,6-7,9-11H2,1-3H3,(H2,17,18,19). The van der Waals surface area contributed by atoms with E-state index < -0.39 is 0 Å². The summed E-state index contributed by atoms with van der Waals surface area (Å²) in [5.74, 6) is 0.718. The third kappa shape index (κ3) is 5.52. The number of likely N-dealkylation sites (N-methyl/N-ethyl adjacent to an activating group) is 2. The van der Waals surface area contributed by atoms with Crippen LogP contribution >= 0.6 is 11.3 Å². The minimum Gasteiger partial charge on any atom is -0.352 e. The van der Waals surface area contributed by atoms with Crippen molar-refractivity contribution in [3.8, 4) is 0 Å². The Hall–Kier alpha value is -2.09. The zero-order chi connectivity index (χ0) is 17.5. The average Bonchev–Trinajstić information content (AvgIpc) is 3.06. The summed E-state index contributed by atoms with van der Waals surface area (Å²) < 4.78 is 0. The largest absolute Gasteiger partial charge is 0.352 e. The number of thiophene rings is 1. The molecule has 0 bridgehead atoms. The number of hydrogen-bond donors (Lipinski definition) is 2. The van der Waals surface area contributed by atoms with Gasteiger partial charge in [-0.1, -0.05) is 6.07 Å². The number of guanidine groups is 1. The zero-order valence-corrected chi connectivity index (χ0v) is 15.2. The molecule has 0 aliphatic carbocycles. The Morgan fingerprint density at radius 3 is 2.92 bits per heavy atom. The van der Waals surface area contributed by atoms with Crippen LogP contribution < -0.4 is 10.6 Å². The molecule has 1 saturated heterocycles. The van der Waals surface area contributed by atoms with E-state index in [1.54, 1.807) is 30.3 Å². The van der Waals surface area contributed by atoms with Gasteiger partial charge in [-0.25, -0.2) is 4.99 Å².